The van der Waals surface area contributed by atoms with Crippen LogP contribution in [0.15, 0.2) is 328 Å². The average molecular weight is 1740 g/mol. The fraction of sp³-hybridized carbons (Fsp3) is 0.315. The van der Waals surface area contributed by atoms with E-state index in [1.54, 1.807) is 0 Å². The Hall–Kier alpha value is -11.7. The summed E-state index contributed by atoms with van der Waals surface area (Å²) < 4.78 is 118. The molecule has 0 saturated carbocycles. The normalized spacial score (nSPS) is 11.6. The zero-order valence-electron chi connectivity index (χ0n) is 73.0. The van der Waals surface area contributed by atoms with Crippen molar-refractivity contribution >= 4 is 21.5 Å². The molecule has 13 rings (SSSR count). The first-order valence-electron chi connectivity index (χ1n) is 44.3. The van der Waals surface area contributed by atoms with Crippen molar-refractivity contribution in [1.29, 1.82) is 0 Å². The second kappa shape index (κ2) is 54.5. The first-order chi connectivity index (χ1) is 63.6. The smallest absolute Gasteiger partial charge is 0.135 e. The molecule has 13 aromatic carbocycles. The van der Waals surface area contributed by atoms with E-state index in [0.717, 1.165) is 78.7 Å². The number of rotatable bonds is 64. The van der Waals surface area contributed by atoms with Crippen molar-refractivity contribution in [1.82, 2.24) is 0 Å². The molecule has 0 spiro atoms. The van der Waals surface area contributed by atoms with Crippen LogP contribution in [0.1, 0.15) is 44.5 Å². The van der Waals surface area contributed by atoms with Gasteiger partial charge >= 0.3 is 0 Å². The Labute approximate surface area is 752 Å². The Morgan fingerprint density at radius 3 is 0.406 bits per heavy atom. The molecule has 20 nitrogen and oxygen atoms in total. The van der Waals surface area contributed by atoms with Gasteiger partial charge in [0.25, 0.3) is 0 Å². The van der Waals surface area contributed by atoms with Crippen LogP contribution in [0.2, 0.25) is 0 Å². The Morgan fingerprint density at radius 1 is 0.117 bits per heavy atom. The maximum absolute atomic E-state index is 6.44. The largest absolute Gasteiger partial charge is 0.491 e. The van der Waals surface area contributed by atoms with Gasteiger partial charge in [-0.3, -0.25) is 0 Å². The standard InChI is InChI=1S/C108H118O20/c1-7-23-87(24-8-1)107(88-25-9-2-10-26-88,89-27-11-3-12-28-89)93-39-43-95(44-40-93)121-79-71-113-63-55-109-57-65-115-73-81-123-97-47-51-99(52-48-97)125-83-75-117-67-59-111-61-69-119-77-85-127-105-101-35-19-21-37-103(101)106(104-38-22-20-36-102(104)105)128-86-78-120-70-62-112-60-68-118-76-84-126-100-53-49-98(50-54-100)124-82-74-116-66-58-110-56-64-114-72-80-122-96-45-41-94(42-46-96)108(90-29-13-4-14-30-90,91-31-15-5-16-32-91)92-33-17-6-18-34-92/h1-54H,55-86H2. The highest BCUT2D eigenvalue weighted by molar-refractivity contribution is 6.11. The lowest BCUT2D eigenvalue weighted by Crippen LogP contribution is -2.30. The summed E-state index contributed by atoms with van der Waals surface area (Å²) in [6.07, 6.45) is 0. The van der Waals surface area contributed by atoms with Crippen molar-refractivity contribution in [3.05, 3.63) is 372 Å². The third-order valence-corrected chi connectivity index (χ3v) is 21.2. The molecule has 670 valence electrons. The summed E-state index contributed by atoms with van der Waals surface area (Å²) in [5.74, 6) is 6.05. The topological polar surface area (TPSA) is 185 Å². The van der Waals surface area contributed by atoms with Crippen LogP contribution in [0.25, 0.3) is 21.5 Å². The molecule has 0 saturated heterocycles. The highest BCUT2D eigenvalue weighted by Crippen LogP contribution is 2.48. The van der Waals surface area contributed by atoms with Crippen molar-refractivity contribution in [3.63, 3.8) is 0 Å². The van der Waals surface area contributed by atoms with Gasteiger partial charge in [-0.15, -0.1) is 0 Å². The van der Waals surface area contributed by atoms with E-state index >= 15 is 0 Å². The summed E-state index contributed by atoms with van der Waals surface area (Å²) in [5, 5.41) is 3.81. The molecule has 0 aromatic heterocycles. The van der Waals surface area contributed by atoms with Crippen LogP contribution < -0.4 is 37.9 Å². The van der Waals surface area contributed by atoms with Gasteiger partial charge in [-0.1, -0.05) is 255 Å². The van der Waals surface area contributed by atoms with Crippen LogP contribution in [0.5, 0.6) is 46.0 Å². The molecule has 0 heterocycles. The predicted molar refractivity (Wildman–Crippen MR) is 498 cm³/mol. The van der Waals surface area contributed by atoms with Gasteiger partial charge in [0.15, 0.2) is 0 Å². The van der Waals surface area contributed by atoms with Gasteiger partial charge in [0.1, 0.15) is 98.9 Å². The van der Waals surface area contributed by atoms with Gasteiger partial charge in [0, 0.05) is 21.5 Å². The highest BCUT2D eigenvalue weighted by atomic mass is 16.6. The Bertz CT molecular complexity index is 4570. The van der Waals surface area contributed by atoms with Crippen LogP contribution in [0.4, 0.5) is 0 Å². The summed E-state index contributed by atoms with van der Waals surface area (Å²) in [7, 11) is 0. The summed E-state index contributed by atoms with van der Waals surface area (Å²) in [6, 6.07) is 112. The van der Waals surface area contributed by atoms with Crippen LogP contribution in [0.3, 0.4) is 0 Å². The van der Waals surface area contributed by atoms with E-state index < -0.39 is 10.8 Å². The van der Waals surface area contributed by atoms with E-state index in [9.17, 15) is 0 Å². The number of ether oxygens (including phenoxy) is 20. The van der Waals surface area contributed by atoms with Gasteiger partial charge in [0.05, 0.1) is 169 Å². The molecule has 20 heteroatoms. The molecule has 0 N–H and O–H groups in total. The number of benzene rings is 13. The van der Waals surface area contributed by atoms with E-state index in [1.807, 2.05) is 97.1 Å². The summed E-state index contributed by atoms with van der Waals surface area (Å²) in [6.45, 7) is 13.7. The third-order valence-electron chi connectivity index (χ3n) is 21.2. The molecule has 0 bridgehead atoms. The molecular formula is C108H118O20. The molecule has 0 fully saturated rings. The molecule has 0 atom stereocenters. The minimum atomic E-state index is -0.502. The Morgan fingerprint density at radius 2 is 0.242 bits per heavy atom. The maximum atomic E-state index is 6.44. The van der Waals surface area contributed by atoms with Crippen molar-refractivity contribution in [3.8, 4) is 46.0 Å². The van der Waals surface area contributed by atoms with Gasteiger partial charge in [-0.25, -0.2) is 0 Å². The molecule has 0 aliphatic carbocycles. The quantitative estimate of drug-likeness (QED) is 0.0199. The van der Waals surface area contributed by atoms with Crippen molar-refractivity contribution in [2.24, 2.45) is 0 Å². The zero-order valence-corrected chi connectivity index (χ0v) is 73.0. The lowest BCUT2D eigenvalue weighted by Gasteiger charge is -2.36. The Balaban J connectivity index is 0.388. The third kappa shape index (κ3) is 28.7. The van der Waals surface area contributed by atoms with E-state index in [1.165, 1.54) is 33.4 Å². The zero-order chi connectivity index (χ0) is 87.5. The second-order valence-corrected chi connectivity index (χ2v) is 29.6. The van der Waals surface area contributed by atoms with E-state index in [2.05, 4.69) is 231 Å². The predicted octanol–water partition coefficient (Wildman–Crippen LogP) is 18.8. The average Bonchev–Trinajstić information content (AvgIpc) is 0.729. The molecule has 0 aliphatic heterocycles. The lowest BCUT2D eigenvalue weighted by molar-refractivity contribution is 0.00485. The minimum Gasteiger partial charge on any atom is -0.491 e. The first-order valence-corrected chi connectivity index (χ1v) is 44.3. The fourth-order valence-electron chi connectivity index (χ4n) is 15.2. The van der Waals surface area contributed by atoms with Crippen LogP contribution in [-0.4, -0.2) is 211 Å². The van der Waals surface area contributed by atoms with Crippen LogP contribution in [0, 0.1) is 0 Å². The molecular weight excluding hydrogens is 1620 g/mol. The highest BCUT2D eigenvalue weighted by Gasteiger charge is 2.40. The molecule has 13 aromatic rings. The minimum absolute atomic E-state index is 0.362. The summed E-state index contributed by atoms with van der Waals surface area (Å²) >= 11 is 0. The van der Waals surface area contributed by atoms with E-state index in [4.69, 9.17) is 94.7 Å². The van der Waals surface area contributed by atoms with Gasteiger partial charge in [-0.2, -0.15) is 0 Å². The van der Waals surface area contributed by atoms with E-state index in [0.29, 0.717) is 211 Å². The first kappa shape index (κ1) is 93.9. The number of hydrogen-bond donors (Lipinski definition) is 0. The fourth-order valence-corrected chi connectivity index (χ4v) is 15.2. The molecule has 0 radical (unpaired) electrons. The second-order valence-electron chi connectivity index (χ2n) is 29.6. The van der Waals surface area contributed by atoms with Gasteiger partial charge < -0.3 is 94.7 Å². The van der Waals surface area contributed by atoms with Crippen molar-refractivity contribution in [2.45, 2.75) is 10.8 Å². The van der Waals surface area contributed by atoms with Gasteiger partial charge in [0.2, 0.25) is 0 Å². The summed E-state index contributed by atoms with van der Waals surface area (Å²) in [4.78, 5) is 0. The molecule has 128 heavy (non-hydrogen) atoms. The van der Waals surface area contributed by atoms with Crippen molar-refractivity contribution < 1.29 is 94.7 Å². The SMILES string of the molecule is c1ccc(C(c2ccccc2)(c2ccccc2)c2ccc(OCCOCCOCCOCCOc3ccc(OCCOCCOCCOCCOc4c5ccccc5c(OCCOCCOCCOCCOc5ccc(OCCOCCOCCOCCOc6ccc(C(c7ccccc7)(c7ccccc7)c7ccccc7)cc6)cc5)c5ccccc45)cc3)cc2)cc1. The monoisotopic (exact) mass is 1730 g/mol. The Kier molecular flexibility index (Phi) is 40.0. The summed E-state index contributed by atoms with van der Waals surface area (Å²) in [5.41, 5.74) is 8.48. The van der Waals surface area contributed by atoms with E-state index in [-0.39, 0.29) is 0 Å². The number of fused-ring (bicyclic) bond motifs is 2. The van der Waals surface area contributed by atoms with Crippen LogP contribution in [-0.2, 0) is 67.7 Å². The molecule has 0 unspecified atom stereocenters. The van der Waals surface area contributed by atoms with Crippen LogP contribution >= 0.6 is 0 Å². The van der Waals surface area contributed by atoms with Gasteiger partial charge in [-0.05, 0) is 117 Å². The maximum Gasteiger partial charge on any atom is 0.135 e. The lowest BCUT2D eigenvalue weighted by atomic mass is 9.65. The molecule has 0 amide bonds. The number of hydrogen-bond acceptors (Lipinski definition) is 20. The van der Waals surface area contributed by atoms with Crippen molar-refractivity contribution in [2.75, 3.05) is 211 Å². The molecule has 0 aliphatic rings.